The first-order valence-corrected chi connectivity index (χ1v) is 11.1. The molecular weight excluding hydrogens is 324 g/mol. The van der Waals surface area contributed by atoms with Crippen molar-refractivity contribution in [1.82, 2.24) is 9.80 Å². The molecule has 0 aromatic heterocycles. The van der Waals surface area contributed by atoms with Gasteiger partial charge >= 0.3 is 8.80 Å². The molecule has 0 aliphatic carbocycles. The van der Waals surface area contributed by atoms with E-state index >= 15 is 0 Å². The summed E-state index contributed by atoms with van der Waals surface area (Å²) in [6, 6.07) is 0. The van der Waals surface area contributed by atoms with Crippen LogP contribution in [0.2, 0.25) is 0 Å². The van der Waals surface area contributed by atoms with E-state index in [0.29, 0.717) is 19.8 Å². The quantitative estimate of drug-likeness (QED) is 0.559. The van der Waals surface area contributed by atoms with Crippen LogP contribution in [-0.4, -0.2) is 77.2 Å². The number of rotatable bonds is 10. The maximum Gasteiger partial charge on any atom is 0.519 e. The van der Waals surface area contributed by atoms with Crippen molar-refractivity contribution in [2.45, 2.75) is 52.6 Å². The van der Waals surface area contributed by atoms with Gasteiger partial charge in [-0.3, -0.25) is 9.69 Å². The fraction of sp³-hybridized carbons (Fsp3) is 0.941. The predicted molar refractivity (Wildman–Crippen MR) is 97.7 cm³/mol. The molecule has 1 heterocycles. The highest BCUT2D eigenvalue weighted by Crippen LogP contribution is 2.28. The second kappa shape index (κ2) is 10.5. The number of carbonyl (C=O) groups excluding carboxylic acids is 1. The second-order valence-corrected chi connectivity index (χ2v) is 9.13. The van der Waals surface area contributed by atoms with E-state index in [1.54, 1.807) is 4.90 Å². The zero-order chi connectivity index (χ0) is 18.2. The lowest BCUT2D eigenvalue weighted by Crippen LogP contribution is -2.64. The van der Waals surface area contributed by atoms with Crippen LogP contribution in [0.1, 0.15) is 47.0 Å². The second-order valence-electron chi connectivity index (χ2n) is 6.39. The van der Waals surface area contributed by atoms with E-state index in [4.69, 9.17) is 13.3 Å². The van der Waals surface area contributed by atoms with Crippen molar-refractivity contribution in [1.29, 1.82) is 0 Å². The highest BCUT2D eigenvalue weighted by atomic mass is 28.4. The smallest absolute Gasteiger partial charge is 0.373 e. The molecule has 7 heteroatoms. The molecule has 6 nitrogen and oxygen atoms in total. The maximum atomic E-state index is 12.4. The molecule has 2 unspecified atom stereocenters. The van der Waals surface area contributed by atoms with Crippen LogP contribution in [0.4, 0.5) is 0 Å². The van der Waals surface area contributed by atoms with Crippen molar-refractivity contribution < 1.29 is 18.1 Å². The first-order chi connectivity index (χ1) is 11.5. The molecule has 24 heavy (non-hydrogen) atoms. The van der Waals surface area contributed by atoms with Crippen molar-refractivity contribution >= 4 is 14.7 Å². The molecule has 1 fully saturated rings. The fourth-order valence-corrected chi connectivity index (χ4v) is 6.82. The number of hydrogen-bond donors (Lipinski definition) is 0. The Bertz CT molecular complexity index is 365. The Hall–Kier alpha value is -0.473. The molecule has 142 valence electrons. The number of likely N-dealkylation sites (tertiary alicyclic amines) is 1. The minimum atomic E-state index is -2.80. The molecule has 0 spiro atoms. The van der Waals surface area contributed by atoms with Gasteiger partial charge in [-0.1, -0.05) is 6.92 Å². The van der Waals surface area contributed by atoms with Gasteiger partial charge in [0, 0.05) is 40.5 Å². The minimum absolute atomic E-state index is 0.0550. The molecule has 1 aliphatic heterocycles. The summed E-state index contributed by atoms with van der Waals surface area (Å²) in [5, 5.41) is 0. The number of piperidine rings is 1. The van der Waals surface area contributed by atoms with E-state index in [-0.39, 0.29) is 17.5 Å². The Morgan fingerprint density at radius 1 is 1.12 bits per heavy atom. The summed E-state index contributed by atoms with van der Waals surface area (Å²) in [7, 11) is 0.860. The molecule has 0 bridgehead atoms. The average Bonchev–Trinajstić information content (AvgIpc) is 2.55. The van der Waals surface area contributed by atoms with Crippen molar-refractivity contribution in [3.05, 3.63) is 0 Å². The van der Waals surface area contributed by atoms with Gasteiger partial charge in [0.1, 0.15) is 0 Å². The zero-order valence-electron chi connectivity index (χ0n) is 16.3. The SMILES string of the molecule is CCO[Si](OCC)(OCC)C(CC)N1CCCC(C(=O)N(C)C)C1. The molecule has 0 N–H and O–H groups in total. The monoisotopic (exact) mass is 360 g/mol. The first kappa shape index (κ1) is 21.6. The Kier molecular flexibility index (Phi) is 9.44. The van der Waals surface area contributed by atoms with Gasteiger partial charge in [-0.05, 0) is 46.6 Å². The van der Waals surface area contributed by atoms with Gasteiger partial charge in [-0.2, -0.15) is 0 Å². The Labute approximate surface area is 148 Å². The van der Waals surface area contributed by atoms with Crippen LogP contribution in [0.3, 0.4) is 0 Å². The standard InChI is InChI=1S/C17H36N2O4Si/c1-7-16(24(21-8-2,22-9-3)23-10-4)19-13-11-12-15(14-19)17(20)18(5)6/h15-16H,7-14H2,1-6H3. The van der Waals surface area contributed by atoms with Crippen LogP contribution in [0.15, 0.2) is 0 Å². The minimum Gasteiger partial charge on any atom is -0.373 e. The Morgan fingerprint density at radius 2 is 1.67 bits per heavy atom. The molecule has 1 amide bonds. The lowest BCUT2D eigenvalue weighted by molar-refractivity contribution is -0.135. The van der Waals surface area contributed by atoms with E-state index in [1.165, 1.54) is 0 Å². The fourth-order valence-electron chi connectivity index (χ4n) is 3.61. The van der Waals surface area contributed by atoms with Gasteiger partial charge < -0.3 is 18.2 Å². The van der Waals surface area contributed by atoms with Gasteiger partial charge in [0.15, 0.2) is 0 Å². The third kappa shape index (κ3) is 5.26. The maximum absolute atomic E-state index is 12.4. The van der Waals surface area contributed by atoms with Gasteiger partial charge in [-0.15, -0.1) is 0 Å². The summed E-state index contributed by atoms with van der Waals surface area (Å²) < 4.78 is 18.4. The summed E-state index contributed by atoms with van der Waals surface area (Å²) in [5.41, 5.74) is 0.107. The largest absolute Gasteiger partial charge is 0.519 e. The van der Waals surface area contributed by atoms with Crippen molar-refractivity contribution in [2.24, 2.45) is 5.92 Å². The molecule has 1 saturated heterocycles. The van der Waals surface area contributed by atoms with Gasteiger partial charge in [0.25, 0.3) is 0 Å². The molecule has 0 saturated carbocycles. The average molecular weight is 361 g/mol. The third-order valence-corrected chi connectivity index (χ3v) is 8.18. The van der Waals surface area contributed by atoms with Crippen LogP contribution in [0, 0.1) is 5.92 Å². The van der Waals surface area contributed by atoms with E-state index in [2.05, 4.69) is 11.8 Å². The molecule has 2 atom stereocenters. The normalized spacial score (nSPS) is 20.8. The van der Waals surface area contributed by atoms with E-state index < -0.39 is 8.80 Å². The van der Waals surface area contributed by atoms with Crippen molar-refractivity contribution in [2.75, 3.05) is 47.0 Å². The highest BCUT2D eigenvalue weighted by molar-refractivity contribution is 6.62. The lowest BCUT2D eigenvalue weighted by atomic mass is 9.96. The first-order valence-electron chi connectivity index (χ1n) is 9.32. The van der Waals surface area contributed by atoms with Crippen LogP contribution in [-0.2, 0) is 18.1 Å². The lowest BCUT2D eigenvalue weighted by Gasteiger charge is -2.44. The summed E-state index contributed by atoms with van der Waals surface area (Å²) in [6.07, 6.45) is 2.88. The van der Waals surface area contributed by atoms with E-state index in [0.717, 1.165) is 32.4 Å². The highest BCUT2D eigenvalue weighted by Gasteiger charge is 2.52. The predicted octanol–water partition coefficient (Wildman–Crippen LogP) is 2.15. The number of amides is 1. The molecule has 0 aromatic carbocycles. The Balaban J connectivity index is 2.99. The molecule has 1 aliphatic rings. The molecule has 0 radical (unpaired) electrons. The number of hydrogen-bond acceptors (Lipinski definition) is 5. The molecule has 0 aromatic rings. The summed E-state index contributed by atoms with van der Waals surface area (Å²) in [4.78, 5) is 16.5. The van der Waals surface area contributed by atoms with Crippen LogP contribution >= 0.6 is 0 Å². The zero-order valence-corrected chi connectivity index (χ0v) is 17.3. The number of nitrogens with zero attached hydrogens (tertiary/aromatic N) is 2. The molecule has 1 rings (SSSR count). The Morgan fingerprint density at radius 3 is 2.08 bits per heavy atom. The topological polar surface area (TPSA) is 51.2 Å². The molecular formula is C17H36N2O4Si. The van der Waals surface area contributed by atoms with Crippen LogP contribution < -0.4 is 0 Å². The third-order valence-electron chi connectivity index (χ3n) is 4.51. The van der Waals surface area contributed by atoms with Crippen LogP contribution in [0.25, 0.3) is 0 Å². The summed E-state index contributed by atoms with van der Waals surface area (Å²) in [6.45, 7) is 11.6. The van der Waals surface area contributed by atoms with Crippen LogP contribution in [0.5, 0.6) is 0 Å². The van der Waals surface area contributed by atoms with Crippen molar-refractivity contribution in [3.63, 3.8) is 0 Å². The van der Waals surface area contributed by atoms with Gasteiger partial charge in [0.05, 0.1) is 11.6 Å². The van der Waals surface area contributed by atoms with Crippen molar-refractivity contribution in [3.8, 4) is 0 Å². The summed E-state index contributed by atoms with van der Waals surface area (Å²) in [5.74, 6) is 0.269. The number of carbonyl (C=O) groups is 1. The van der Waals surface area contributed by atoms with E-state index in [9.17, 15) is 4.79 Å². The van der Waals surface area contributed by atoms with Gasteiger partial charge in [-0.25, -0.2) is 0 Å². The van der Waals surface area contributed by atoms with E-state index in [1.807, 2.05) is 34.9 Å². The van der Waals surface area contributed by atoms with Gasteiger partial charge in [0.2, 0.25) is 5.91 Å². The summed E-state index contributed by atoms with van der Waals surface area (Å²) >= 11 is 0.